The van der Waals surface area contributed by atoms with Crippen molar-refractivity contribution in [3.63, 3.8) is 0 Å². The van der Waals surface area contributed by atoms with Gasteiger partial charge in [-0.3, -0.25) is 4.68 Å². The number of fused-ring (bicyclic) bond motifs is 2. The summed E-state index contributed by atoms with van der Waals surface area (Å²) in [5, 5.41) is 22.4. The molecule has 0 aromatic carbocycles. The third-order valence-electron chi connectivity index (χ3n) is 4.66. The van der Waals surface area contributed by atoms with E-state index >= 15 is 0 Å². The van der Waals surface area contributed by atoms with Gasteiger partial charge < -0.3 is 24.4 Å². The summed E-state index contributed by atoms with van der Waals surface area (Å²) in [5.41, 5.74) is 1.86. The van der Waals surface area contributed by atoms with Crippen LogP contribution in [-0.4, -0.2) is 51.2 Å². The summed E-state index contributed by atoms with van der Waals surface area (Å²) in [6, 6.07) is 1.20. The molecule has 8 nitrogen and oxygen atoms in total. The van der Waals surface area contributed by atoms with E-state index in [4.69, 9.17) is 14.0 Å². The average molecular weight is 320 g/mol. The quantitative estimate of drug-likeness (QED) is 0.837. The molecule has 5 unspecified atom stereocenters. The van der Waals surface area contributed by atoms with E-state index in [0.29, 0.717) is 13.2 Å². The third kappa shape index (κ3) is 2.47. The third-order valence-corrected chi connectivity index (χ3v) is 4.66. The predicted octanol–water partition coefficient (Wildman–Crippen LogP) is 0.303. The van der Waals surface area contributed by atoms with Crippen molar-refractivity contribution in [2.24, 2.45) is 0 Å². The molecule has 4 heterocycles. The van der Waals surface area contributed by atoms with Crippen LogP contribution in [0.15, 0.2) is 23.0 Å². The zero-order valence-electron chi connectivity index (χ0n) is 13.0. The molecule has 2 saturated heterocycles. The molecule has 0 saturated carbocycles. The zero-order chi connectivity index (χ0) is 16.0. The van der Waals surface area contributed by atoms with Crippen LogP contribution >= 0.6 is 0 Å². The lowest BCUT2D eigenvalue weighted by atomic mass is 9.96. The highest BCUT2D eigenvalue weighted by molar-refractivity contribution is 5.20. The van der Waals surface area contributed by atoms with Gasteiger partial charge in [-0.2, -0.15) is 5.10 Å². The van der Waals surface area contributed by atoms with Crippen LogP contribution in [0.25, 0.3) is 0 Å². The molecule has 2 aliphatic rings. The number of aliphatic hydroxyl groups excluding tert-OH is 1. The van der Waals surface area contributed by atoms with Crippen molar-refractivity contribution < 1.29 is 19.1 Å². The molecule has 5 atom stereocenters. The Bertz CT molecular complexity index is 652. The predicted molar refractivity (Wildman–Crippen MR) is 78.5 cm³/mol. The van der Waals surface area contributed by atoms with Gasteiger partial charge in [-0.25, -0.2) is 0 Å². The first-order valence-electron chi connectivity index (χ1n) is 7.74. The van der Waals surface area contributed by atoms with Gasteiger partial charge in [0.2, 0.25) is 0 Å². The molecular weight excluding hydrogens is 300 g/mol. The first-order chi connectivity index (χ1) is 11.1. The van der Waals surface area contributed by atoms with Crippen LogP contribution in [0.1, 0.15) is 23.1 Å². The molecule has 0 amide bonds. The molecule has 8 heteroatoms. The summed E-state index contributed by atoms with van der Waals surface area (Å²) < 4.78 is 18.5. The lowest BCUT2D eigenvalue weighted by Gasteiger charge is -2.38. The van der Waals surface area contributed by atoms with Gasteiger partial charge in [-0.1, -0.05) is 5.16 Å². The highest BCUT2D eigenvalue weighted by Crippen LogP contribution is 2.35. The fraction of sp³-hybridized carbons (Fsp3) is 0.600. The SMILES string of the molecule is Cc1noc(C)c1CNC1C2COC(O2)C(n2cccn2)C1O. The largest absolute Gasteiger partial charge is 0.389 e. The Morgan fingerprint density at radius 2 is 2.30 bits per heavy atom. The van der Waals surface area contributed by atoms with Crippen LogP contribution in [0.5, 0.6) is 0 Å². The van der Waals surface area contributed by atoms with E-state index in [9.17, 15) is 5.11 Å². The Hall–Kier alpha value is -1.74. The molecule has 4 rings (SSSR count). The van der Waals surface area contributed by atoms with Crippen LogP contribution in [0.2, 0.25) is 0 Å². The van der Waals surface area contributed by atoms with Gasteiger partial charge in [0.15, 0.2) is 6.29 Å². The van der Waals surface area contributed by atoms with Gasteiger partial charge in [-0.05, 0) is 19.9 Å². The molecule has 0 aliphatic carbocycles. The van der Waals surface area contributed by atoms with E-state index in [1.54, 1.807) is 10.9 Å². The number of hydrogen-bond donors (Lipinski definition) is 2. The molecule has 2 aliphatic heterocycles. The van der Waals surface area contributed by atoms with Crippen LogP contribution in [0, 0.1) is 13.8 Å². The Morgan fingerprint density at radius 3 is 3.00 bits per heavy atom. The van der Waals surface area contributed by atoms with E-state index in [-0.39, 0.29) is 18.2 Å². The average Bonchev–Trinajstić information content (AvgIpc) is 3.25. The topological polar surface area (TPSA) is 94.6 Å². The summed E-state index contributed by atoms with van der Waals surface area (Å²) in [6.45, 7) is 4.80. The number of aryl methyl sites for hydroxylation is 2. The minimum absolute atomic E-state index is 0.178. The van der Waals surface area contributed by atoms with Gasteiger partial charge in [0, 0.05) is 24.5 Å². The Kier molecular flexibility index (Phi) is 3.68. The summed E-state index contributed by atoms with van der Waals surface area (Å²) in [5.74, 6) is 0.783. The molecule has 2 fully saturated rings. The van der Waals surface area contributed by atoms with Crippen molar-refractivity contribution >= 4 is 0 Å². The Morgan fingerprint density at radius 1 is 1.43 bits per heavy atom. The van der Waals surface area contributed by atoms with Gasteiger partial charge in [0.25, 0.3) is 0 Å². The van der Waals surface area contributed by atoms with Crippen LogP contribution in [-0.2, 0) is 16.0 Å². The van der Waals surface area contributed by atoms with Crippen molar-refractivity contribution in [3.8, 4) is 0 Å². The smallest absolute Gasteiger partial charge is 0.183 e. The van der Waals surface area contributed by atoms with E-state index < -0.39 is 12.4 Å². The second-order valence-electron chi connectivity index (χ2n) is 6.05. The second-order valence-corrected chi connectivity index (χ2v) is 6.05. The number of nitrogens with zero attached hydrogens (tertiary/aromatic N) is 3. The van der Waals surface area contributed by atoms with Crippen molar-refractivity contribution in [2.45, 2.75) is 51.0 Å². The maximum absolute atomic E-state index is 10.8. The zero-order valence-corrected chi connectivity index (χ0v) is 13.0. The molecule has 0 spiro atoms. The molecule has 23 heavy (non-hydrogen) atoms. The first-order valence-corrected chi connectivity index (χ1v) is 7.74. The van der Waals surface area contributed by atoms with Crippen LogP contribution in [0.3, 0.4) is 0 Å². The normalized spacial score (nSPS) is 33.3. The van der Waals surface area contributed by atoms with Crippen molar-refractivity contribution in [2.75, 3.05) is 6.61 Å². The number of nitrogens with one attached hydrogen (secondary N) is 1. The molecule has 2 N–H and O–H groups in total. The number of rotatable bonds is 4. The summed E-state index contributed by atoms with van der Waals surface area (Å²) >= 11 is 0. The number of aliphatic hydroxyl groups is 1. The van der Waals surface area contributed by atoms with Crippen molar-refractivity contribution in [1.29, 1.82) is 0 Å². The lowest BCUT2D eigenvalue weighted by Crippen LogP contribution is -2.57. The van der Waals surface area contributed by atoms with Crippen LogP contribution < -0.4 is 5.32 Å². The van der Waals surface area contributed by atoms with E-state index in [2.05, 4.69) is 15.6 Å². The molecule has 124 valence electrons. The lowest BCUT2D eigenvalue weighted by molar-refractivity contribution is -0.168. The van der Waals surface area contributed by atoms with E-state index in [1.807, 2.05) is 26.1 Å². The molecule has 2 bridgehead atoms. The summed E-state index contributed by atoms with van der Waals surface area (Å²) in [6.07, 6.45) is 2.18. The minimum atomic E-state index is -0.665. The Labute approximate surface area is 133 Å². The first kappa shape index (κ1) is 14.8. The van der Waals surface area contributed by atoms with Gasteiger partial charge in [0.05, 0.1) is 24.4 Å². The van der Waals surface area contributed by atoms with Gasteiger partial charge >= 0.3 is 0 Å². The standard InChI is InChI=1S/C15H20N4O4/c1-8-10(9(2)23-18-8)6-16-12-11-7-21-15(22-11)13(14(12)20)19-5-3-4-17-19/h3-5,11-16,20H,6-7H2,1-2H3. The van der Waals surface area contributed by atoms with Gasteiger partial charge in [0.1, 0.15) is 17.9 Å². The number of hydrogen-bond acceptors (Lipinski definition) is 7. The Balaban J connectivity index is 1.53. The van der Waals surface area contributed by atoms with Gasteiger partial charge in [-0.15, -0.1) is 0 Å². The fourth-order valence-corrected chi connectivity index (χ4v) is 3.37. The van der Waals surface area contributed by atoms with Crippen LogP contribution in [0.4, 0.5) is 0 Å². The fourth-order valence-electron chi connectivity index (χ4n) is 3.37. The van der Waals surface area contributed by atoms with E-state index in [0.717, 1.165) is 17.0 Å². The summed E-state index contributed by atoms with van der Waals surface area (Å²) in [4.78, 5) is 0. The highest BCUT2D eigenvalue weighted by atomic mass is 16.7. The minimum Gasteiger partial charge on any atom is -0.389 e. The van der Waals surface area contributed by atoms with E-state index in [1.165, 1.54) is 0 Å². The van der Waals surface area contributed by atoms with Crippen molar-refractivity contribution in [3.05, 3.63) is 35.5 Å². The number of ether oxygens (including phenoxy) is 2. The number of aromatic nitrogens is 3. The van der Waals surface area contributed by atoms with Crippen molar-refractivity contribution in [1.82, 2.24) is 20.3 Å². The maximum Gasteiger partial charge on any atom is 0.183 e. The second kappa shape index (κ2) is 5.72. The molecule has 2 aromatic rings. The maximum atomic E-state index is 10.8. The molecule has 2 aromatic heterocycles. The molecular formula is C15H20N4O4. The highest BCUT2D eigenvalue weighted by Gasteiger charge is 2.51. The summed E-state index contributed by atoms with van der Waals surface area (Å²) in [7, 11) is 0. The molecule has 0 radical (unpaired) electrons. The monoisotopic (exact) mass is 320 g/mol.